The summed E-state index contributed by atoms with van der Waals surface area (Å²) in [6.07, 6.45) is 4.70. The third-order valence-corrected chi connectivity index (χ3v) is 6.65. The summed E-state index contributed by atoms with van der Waals surface area (Å²) in [5, 5.41) is 6.71. The number of benzene rings is 3. The van der Waals surface area contributed by atoms with E-state index in [-0.39, 0.29) is 11.5 Å². The van der Waals surface area contributed by atoms with Crippen LogP contribution in [0.4, 0.5) is 26.0 Å². The minimum absolute atomic E-state index is 0.237. The van der Waals surface area contributed by atoms with Crippen molar-refractivity contribution in [3.8, 4) is 22.6 Å². The van der Waals surface area contributed by atoms with Crippen LogP contribution in [0, 0.1) is 11.6 Å². The molecule has 1 aliphatic rings. The molecule has 11 heteroatoms. The number of methoxy groups -OCH3 is 2. The quantitative estimate of drug-likeness (QED) is 0.271. The Balaban J connectivity index is 1.43. The summed E-state index contributed by atoms with van der Waals surface area (Å²) in [6, 6.07) is 11.9. The van der Waals surface area contributed by atoms with Crippen molar-refractivity contribution in [2.45, 2.75) is 0 Å². The second kappa shape index (κ2) is 12.7. The highest BCUT2D eigenvalue weighted by Crippen LogP contribution is 2.37. The zero-order chi connectivity index (χ0) is 28.8. The maximum atomic E-state index is 14.5. The number of ether oxygens (including phenoxy) is 3. The van der Waals surface area contributed by atoms with E-state index in [0.717, 1.165) is 19.2 Å². The zero-order valence-corrected chi connectivity index (χ0v) is 22.6. The topological polar surface area (TPSA) is 97.8 Å². The zero-order valence-electron chi connectivity index (χ0n) is 22.6. The van der Waals surface area contributed by atoms with E-state index in [0.29, 0.717) is 64.9 Å². The maximum absolute atomic E-state index is 14.5. The summed E-state index contributed by atoms with van der Waals surface area (Å²) in [4.78, 5) is 23.7. The first-order chi connectivity index (χ1) is 19.9. The minimum atomic E-state index is -0.680. The number of rotatable bonds is 9. The van der Waals surface area contributed by atoms with Gasteiger partial charge in [-0.25, -0.2) is 18.7 Å². The van der Waals surface area contributed by atoms with E-state index < -0.39 is 11.6 Å². The molecule has 0 atom stereocenters. The highest BCUT2D eigenvalue weighted by atomic mass is 19.1. The van der Waals surface area contributed by atoms with Gasteiger partial charge in [0.05, 0.1) is 44.3 Å². The fraction of sp³-hybridized carbons (Fsp3) is 0.233. The molecule has 41 heavy (non-hydrogen) atoms. The molecule has 3 aromatic carbocycles. The van der Waals surface area contributed by atoms with Crippen molar-refractivity contribution in [3.05, 3.63) is 78.6 Å². The second-order valence-electron chi connectivity index (χ2n) is 9.26. The van der Waals surface area contributed by atoms with Crippen molar-refractivity contribution in [2.24, 2.45) is 0 Å². The monoisotopic (exact) mass is 561 g/mol. The number of aromatic nitrogens is 2. The summed E-state index contributed by atoms with van der Waals surface area (Å²) in [5.74, 6) is -0.306. The van der Waals surface area contributed by atoms with Gasteiger partial charge in [-0.3, -0.25) is 9.69 Å². The third-order valence-electron chi connectivity index (χ3n) is 6.65. The van der Waals surface area contributed by atoms with Gasteiger partial charge in [0.2, 0.25) is 5.91 Å². The number of nitrogens with zero attached hydrogens (tertiary/aromatic N) is 3. The molecular formula is C30H29F2N5O4. The van der Waals surface area contributed by atoms with E-state index in [4.69, 9.17) is 14.2 Å². The van der Waals surface area contributed by atoms with Gasteiger partial charge in [0.25, 0.3) is 0 Å². The van der Waals surface area contributed by atoms with Crippen molar-refractivity contribution in [3.63, 3.8) is 0 Å². The molecule has 212 valence electrons. The normalized spacial score (nSPS) is 13.9. The number of halogens is 2. The Morgan fingerprint density at radius 2 is 1.80 bits per heavy atom. The molecule has 2 N–H and O–H groups in total. The first-order valence-corrected chi connectivity index (χ1v) is 13.0. The first kappa shape index (κ1) is 27.9. The average molecular weight is 562 g/mol. The van der Waals surface area contributed by atoms with Crippen LogP contribution in [0.3, 0.4) is 0 Å². The fourth-order valence-corrected chi connectivity index (χ4v) is 4.54. The Morgan fingerprint density at radius 1 is 1.00 bits per heavy atom. The smallest absolute Gasteiger partial charge is 0.248 e. The number of morpholine rings is 1. The van der Waals surface area contributed by atoms with Gasteiger partial charge in [-0.15, -0.1) is 0 Å². The van der Waals surface area contributed by atoms with Gasteiger partial charge < -0.3 is 24.8 Å². The molecule has 1 saturated heterocycles. The molecule has 0 radical (unpaired) electrons. The summed E-state index contributed by atoms with van der Waals surface area (Å²) >= 11 is 0. The van der Waals surface area contributed by atoms with E-state index in [1.54, 1.807) is 30.3 Å². The number of hydrogen-bond acceptors (Lipinski definition) is 8. The van der Waals surface area contributed by atoms with Crippen LogP contribution in [-0.4, -0.2) is 67.8 Å². The lowest BCUT2D eigenvalue weighted by atomic mass is 10.0. The van der Waals surface area contributed by atoms with Crippen LogP contribution in [0.2, 0.25) is 0 Å². The fourth-order valence-electron chi connectivity index (χ4n) is 4.54. The highest BCUT2D eigenvalue weighted by molar-refractivity contribution is 6.03. The number of carbonyl (C=O) groups excluding carboxylic acids is 1. The minimum Gasteiger partial charge on any atom is -0.495 e. The molecule has 1 amide bonds. The molecule has 0 spiro atoms. The SMILES string of the molecule is COc1cc2ncnc(Nc3cc(-c4ccc(F)cc4F)ccc3OC)c2cc1NC(=O)/C=C/CN1CCOCC1. The third kappa shape index (κ3) is 6.59. The van der Waals surface area contributed by atoms with Crippen LogP contribution < -0.4 is 20.1 Å². The van der Waals surface area contributed by atoms with Crippen molar-refractivity contribution < 1.29 is 27.8 Å². The molecule has 2 heterocycles. The Morgan fingerprint density at radius 3 is 2.56 bits per heavy atom. The number of fused-ring (bicyclic) bond motifs is 1. The summed E-state index contributed by atoms with van der Waals surface area (Å²) in [7, 11) is 3.03. The Labute approximate surface area is 235 Å². The van der Waals surface area contributed by atoms with Crippen molar-refractivity contribution in [1.82, 2.24) is 14.9 Å². The molecule has 0 saturated carbocycles. The summed E-state index contributed by atoms with van der Waals surface area (Å²) in [6.45, 7) is 3.67. The van der Waals surface area contributed by atoms with E-state index in [1.165, 1.54) is 38.8 Å². The molecule has 0 unspecified atom stereocenters. The molecule has 1 fully saturated rings. The van der Waals surface area contributed by atoms with Crippen LogP contribution in [-0.2, 0) is 9.53 Å². The van der Waals surface area contributed by atoms with Gasteiger partial charge in [-0.05, 0) is 35.9 Å². The number of amides is 1. The lowest BCUT2D eigenvalue weighted by molar-refractivity contribution is -0.111. The predicted octanol–water partition coefficient (Wildman–Crippen LogP) is 5.16. The Bertz CT molecular complexity index is 1590. The molecule has 0 aliphatic carbocycles. The molecule has 5 rings (SSSR count). The largest absolute Gasteiger partial charge is 0.495 e. The summed E-state index contributed by atoms with van der Waals surface area (Å²) in [5.41, 5.74) is 2.26. The molecule has 0 bridgehead atoms. The van der Waals surface area contributed by atoms with Gasteiger partial charge in [0.15, 0.2) is 0 Å². The molecule has 1 aromatic heterocycles. The van der Waals surface area contributed by atoms with Gasteiger partial charge in [-0.1, -0.05) is 12.1 Å². The highest BCUT2D eigenvalue weighted by Gasteiger charge is 2.16. The van der Waals surface area contributed by atoms with Crippen molar-refractivity contribution >= 4 is 34.0 Å². The number of hydrogen-bond donors (Lipinski definition) is 2. The average Bonchev–Trinajstić information content (AvgIpc) is 2.97. The Kier molecular flexibility index (Phi) is 8.66. The van der Waals surface area contributed by atoms with Crippen molar-refractivity contribution in [1.29, 1.82) is 0 Å². The van der Waals surface area contributed by atoms with Crippen LogP contribution in [0.15, 0.2) is 67.0 Å². The Hall–Kier alpha value is -4.61. The lowest BCUT2D eigenvalue weighted by Gasteiger charge is -2.25. The van der Waals surface area contributed by atoms with Crippen molar-refractivity contribution in [2.75, 3.05) is 57.7 Å². The van der Waals surface area contributed by atoms with Gasteiger partial charge in [0.1, 0.15) is 35.3 Å². The lowest BCUT2D eigenvalue weighted by Crippen LogP contribution is -2.36. The molecule has 4 aromatic rings. The van der Waals surface area contributed by atoms with Gasteiger partial charge in [0, 0.05) is 48.8 Å². The molecule has 1 aliphatic heterocycles. The van der Waals surface area contributed by atoms with E-state index >= 15 is 0 Å². The summed E-state index contributed by atoms with van der Waals surface area (Å²) < 4.78 is 44.3. The van der Waals surface area contributed by atoms with E-state index in [9.17, 15) is 13.6 Å². The van der Waals surface area contributed by atoms with Crippen LogP contribution >= 0.6 is 0 Å². The maximum Gasteiger partial charge on any atom is 0.248 e. The van der Waals surface area contributed by atoms with Gasteiger partial charge in [-0.2, -0.15) is 0 Å². The predicted molar refractivity (Wildman–Crippen MR) is 153 cm³/mol. The molecule has 9 nitrogen and oxygen atoms in total. The van der Waals surface area contributed by atoms with Gasteiger partial charge >= 0.3 is 0 Å². The van der Waals surface area contributed by atoms with Crippen LogP contribution in [0.25, 0.3) is 22.0 Å². The standard InChI is InChI=1S/C30H29F2N5O4/c1-39-27-8-5-19(21-7-6-20(31)15-23(21)32)14-25(27)36-30-22-16-26(28(40-2)17-24(22)33-18-34-30)35-29(38)4-3-9-37-10-12-41-13-11-37/h3-8,14-18H,9-13H2,1-2H3,(H,35,38)(H,33,34,36)/b4-3+. The number of anilines is 3. The second-order valence-corrected chi connectivity index (χ2v) is 9.26. The van der Waals surface area contributed by atoms with E-state index in [1.807, 2.05) is 6.08 Å². The van der Waals surface area contributed by atoms with Crippen LogP contribution in [0.5, 0.6) is 11.5 Å². The number of carbonyl (C=O) groups is 1. The van der Waals surface area contributed by atoms with Crippen LogP contribution in [0.1, 0.15) is 0 Å². The number of nitrogens with one attached hydrogen (secondary N) is 2. The molecular weight excluding hydrogens is 532 g/mol. The first-order valence-electron chi connectivity index (χ1n) is 13.0. The van der Waals surface area contributed by atoms with E-state index in [2.05, 4.69) is 25.5 Å².